The smallest absolute Gasteiger partial charge is 0.160 e. The first-order valence-corrected chi connectivity index (χ1v) is 4.30. The lowest BCUT2D eigenvalue weighted by Crippen LogP contribution is -2.22. The fourth-order valence-corrected chi connectivity index (χ4v) is 1.05. The second-order valence-corrected chi connectivity index (χ2v) is 2.93. The Kier molecular flexibility index (Phi) is 4.09. The number of nitrogen functional groups attached to an aromatic ring is 1. The van der Waals surface area contributed by atoms with Crippen LogP contribution in [-0.4, -0.2) is 29.7 Å². The van der Waals surface area contributed by atoms with Crippen molar-refractivity contribution in [1.29, 1.82) is 0 Å². The molecule has 4 N–H and O–H groups in total. The zero-order valence-electron chi connectivity index (χ0n) is 8.32. The minimum Gasteiger partial charge on any atom is -0.383 e. The van der Waals surface area contributed by atoms with Crippen molar-refractivity contribution < 1.29 is 4.74 Å². The zero-order valence-corrected chi connectivity index (χ0v) is 8.32. The molecule has 14 heavy (non-hydrogen) atoms. The molecule has 0 aromatic carbocycles. The molecule has 1 atom stereocenters. The number of nitrogens with two attached hydrogens (primary N) is 1. The Hall–Kier alpha value is -1.40. The minimum atomic E-state index is 0.183. The van der Waals surface area contributed by atoms with Crippen LogP contribution in [0.3, 0.4) is 0 Å². The van der Waals surface area contributed by atoms with Crippen molar-refractivity contribution >= 4 is 11.6 Å². The highest BCUT2D eigenvalue weighted by Gasteiger charge is 2.02. The number of ether oxygens (including phenoxy) is 1. The molecular weight excluding hydrogens is 182 g/mol. The number of nitrogens with zero attached hydrogens (tertiary/aromatic N) is 2. The standard InChI is InChI=1S/C8H15N5O/c1-6(5-14-2)11-7-3-10-4-8(12-7)13-9/h3-4,6H,5,9H2,1-2H3,(H2,11,12,13). The Balaban J connectivity index is 2.57. The van der Waals surface area contributed by atoms with E-state index in [1.807, 2.05) is 6.92 Å². The molecular formula is C8H15N5O. The van der Waals surface area contributed by atoms with E-state index in [4.69, 9.17) is 10.6 Å². The van der Waals surface area contributed by atoms with Crippen LogP contribution < -0.4 is 16.6 Å². The topological polar surface area (TPSA) is 85.1 Å². The van der Waals surface area contributed by atoms with Crippen molar-refractivity contribution in [3.63, 3.8) is 0 Å². The van der Waals surface area contributed by atoms with Gasteiger partial charge in [0.05, 0.1) is 19.0 Å². The van der Waals surface area contributed by atoms with Gasteiger partial charge in [0.2, 0.25) is 0 Å². The molecule has 78 valence electrons. The first-order chi connectivity index (χ1) is 6.76. The summed E-state index contributed by atoms with van der Waals surface area (Å²) in [5.74, 6) is 6.40. The molecule has 0 radical (unpaired) electrons. The van der Waals surface area contributed by atoms with Gasteiger partial charge in [0.25, 0.3) is 0 Å². The third kappa shape index (κ3) is 3.15. The van der Waals surface area contributed by atoms with Gasteiger partial charge in [0, 0.05) is 13.2 Å². The summed E-state index contributed by atoms with van der Waals surface area (Å²) in [5.41, 5.74) is 2.43. The number of rotatable bonds is 5. The highest BCUT2D eigenvalue weighted by molar-refractivity contribution is 5.41. The van der Waals surface area contributed by atoms with Crippen molar-refractivity contribution in [2.75, 3.05) is 24.5 Å². The van der Waals surface area contributed by atoms with Crippen LogP contribution in [0.15, 0.2) is 12.4 Å². The van der Waals surface area contributed by atoms with Crippen molar-refractivity contribution in [2.24, 2.45) is 5.84 Å². The van der Waals surface area contributed by atoms with E-state index in [0.29, 0.717) is 18.2 Å². The van der Waals surface area contributed by atoms with Crippen molar-refractivity contribution in [3.8, 4) is 0 Å². The van der Waals surface area contributed by atoms with Crippen molar-refractivity contribution in [3.05, 3.63) is 12.4 Å². The van der Waals surface area contributed by atoms with Gasteiger partial charge in [-0.05, 0) is 6.92 Å². The average molecular weight is 197 g/mol. The van der Waals surface area contributed by atoms with Gasteiger partial charge < -0.3 is 15.5 Å². The number of hydrazine groups is 1. The lowest BCUT2D eigenvalue weighted by atomic mass is 10.3. The predicted octanol–water partition coefficient (Wildman–Crippen LogP) is 0.209. The molecule has 1 unspecified atom stereocenters. The lowest BCUT2D eigenvalue weighted by Gasteiger charge is -2.13. The molecule has 0 fully saturated rings. The molecule has 0 saturated carbocycles. The summed E-state index contributed by atoms with van der Waals surface area (Å²) >= 11 is 0. The normalized spacial score (nSPS) is 12.2. The number of nitrogens with one attached hydrogen (secondary N) is 2. The summed E-state index contributed by atoms with van der Waals surface area (Å²) in [7, 11) is 1.65. The molecule has 6 nitrogen and oxygen atoms in total. The number of anilines is 2. The average Bonchev–Trinajstić information content (AvgIpc) is 2.18. The Labute approximate surface area is 82.9 Å². The summed E-state index contributed by atoms with van der Waals surface area (Å²) in [6.07, 6.45) is 3.18. The van der Waals surface area contributed by atoms with Gasteiger partial charge >= 0.3 is 0 Å². The van der Waals surface area contributed by atoms with Crippen LogP contribution in [0.25, 0.3) is 0 Å². The quantitative estimate of drug-likeness (QED) is 0.462. The number of hydrogen-bond donors (Lipinski definition) is 3. The van der Waals surface area contributed by atoms with Crippen LogP contribution in [0, 0.1) is 0 Å². The zero-order chi connectivity index (χ0) is 10.4. The second kappa shape index (κ2) is 5.36. The molecule has 0 amide bonds. The Morgan fingerprint density at radius 3 is 2.86 bits per heavy atom. The van der Waals surface area contributed by atoms with Gasteiger partial charge in [0.15, 0.2) is 5.82 Å². The molecule has 0 bridgehead atoms. The van der Waals surface area contributed by atoms with E-state index in [-0.39, 0.29) is 6.04 Å². The summed E-state index contributed by atoms with van der Waals surface area (Å²) in [5, 5.41) is 3.12. The van der Waals surface area contributed by atoms with Gasteiger partial charge in [-0.3, -0.25) is 4.98 Å². The fraction of sp³-hybridized carbons (Fsp3) is 0.500. The molecule has 1 aromatic heterocycles. The van der Waals surface area contributed by atoms with Crippen molar-refractivity contribution in [1.82, 2.24) is 9.97 Å². The molecule has 1 rings (SSSR count). The third-order valence-electron chi connectivity index (χ3n) is 1.59. The fourth-order valence-electron chi connectivity index (χ4n) is 1.05. The van der Waals surface area contributed by atoms with Crippen LogP contribution in [0.2, 0.25) is 0 Å². The maximum atomic E-state index is 5.20. The summed E-state index contributed by atoms with van der Waals surface area (Å²) < 4.78 is 4.98. The van der Waals surface area contributed by atoms with Crippen LogP contribution >= 0.6 is 0 Å². The Bertz CT molecular complexity index is 280. The first-order valence-electron chi connectivity index (χ1n) is 4.30. The molecule has 0 aliphatic carbocycles. The maximum Gasteiger partial charge on any atom is 0.160 e. The van der Waals surface area contributed by atoms with Gasteiger partial charge in [0.1, 0.15) is 5.82 Å². The highest BCUT2D eigenvalue weighted by Crippen LogP contribution is 2.06. The van der Waals surface area contributed by atoms with Gasteiger partial charge in [-0.2, -0.15) is 0 Å². The molecule has 6 heteroatoms. The molecule has 1 heterocycles. The summed E-state index contributed by atoms with van der Waals surface area (Å²) in [6, 6.07) is 0.183. The van der Waals surface area contributed by atoms with E-state index in [2.05, 4.69) is 20.7 Å². The van der Waals surface area contributed by atoms with Gasteiger partial charge in [-0.1, -0.05) is 0 Å². The number of hydrogen-bond acceptors (Lipinski definition) is 6. The SMILES string of the molecule is COCC(C)Nc1cncc(NN)n1. The van der Waals surface area contributed by atoms with Crippen LogP contribution in [-0.2, 0) is 4.74 Å². The Morgan fingerprint density at radius 1 is 1.50 bits per heavy atom. The number of methoxy groups -OCH3 is 1. The second-order valence-electron chi connectivity index (χ2n) is 2.93. The van der Waals surface area contributed by atoms with Crippen LogP contribution in [0.4, 0.5) is 11.6 Å². The molecule has 0 saturated heterocycles. The molecule has 0 aliphatic rings. The van der Waals surface area contributed by atoms with Crippen molar-refractivity contribution in [2.45, 2.75) is 13.0 Å². The van der Waals surface area contributed by atoms with E-state index in [0.717, 1.165) is 0 Å². The molecule has 0 spiro atoms. The van der Waals surface area contributed by atoms with E-state index < -0.39 is 0 Å². The van der Waals surface area contributed by atoms with Gasteiger partial charge in [-0.15, -0.1) is 0 Å². The van der Waals surface area contributed by atoms with Gasteiger partial charge in [-0.25, -0.2) is 10.8 Å². The minimum absolute atomic E-state index is 0.183. The van der Waals surface area contributed by atoms with E-state index >= 15 is 0 Å². The maximum absolute atomic E-state index is 5.20. The molecule has 0 aliphatic heterocycles. The van der Waals surface area contributed by atoms with Crippen LogP contribution in [0.1, 0.15) is 6.92 Å². The predicted molar refractivity (Wildman–Crippen MR) is 54.8 cm³/mol. The monoisotopic (exact) mass is 197 g/mol. The first kappa shape index (κ1) is 10.7. The van der Waals surface area contributed by atoms with E-state index in [1.165, 1.54) is 0 Å². The Morgan fingerprint density at radius 2 is 2.21 bits per heavy atom. The molecule has 1 aromatic rings. The summed E-state index contributed by atoms with van der Waals surface area (Å²) in [4.78, 5) is 8.11. The summed E-state index contributed by atoms with van der Waals surface area (Å²) in [6.45, 7) is 2.61. The number of aromatic nitrogens is 2. The highest BCUT2D eigenvalue weighted by atomic mass is 16.5. The van der Waals surface area contributed by atoms with Crippen LogP contribution in [0.5, 0.6) is 0 Å². The lowest BCUT2D eigenvalue weighted by molar-refractivity contribution is 0.190. The largest absolute Gasteiger partial charge is 0.383 e. The third-order valence-corrected chi connectivity index (χ3v) is 1.59. The van der Waals surface area contributed by atoms with E-state index in [1.54, 1.807) is 19.5 Å². The van der Waals surface area contributed by atoms with E-state index in [9.17, 15) is 0 Å².